The van der Waals surface area contributed by atoms with Crippen LogP contribution in [0, 0.1) is 5.92 Å². The Morgan fingerprint density at radius 3 is 2.39 bits per heavy atom. The van der Waals surface area contributed by atoms with Crippen LogP contribution in [-0.2, 0) is 11.2 Å². The molecular weight excluding hydrogens is 286 g/mol. The maximum absolute atomic E-state index is 12.4. The Balaban J connectivity index is 2.03. The van der Waals surface area contributed by atoms with Gasteiger partial charge in [0.2, 0.25) is 5.91 Å². The largest absolute Gasteiger partial charge is 0.497 e. The zero-order valence-corrected chi connectivity index (χ0v) is 14.3. The van der Waals surface area contributed by atoms with Gasteiger partial charge in [0.05, 0.1) is 13.0 Å². The summed E-state index contributed by atoms with van der Waals surface area (Å²) in [6.07, 6.45) is 1.06. The molecule has 2 aromatic rings. The Bertz CT molecular complexity index is 647. The summed E-state index contributed by atoms with van der Waals surface area (Å²) in [7, 11) is 1.61. The predicted molar refractivity (Wildman–Crippen MR) is 95.0 cm³/mol. The molecule has 0 aromatic heterocycles. The number of ether oxygens (including phenoxy) is 1. The van der Waals surface area contributed by atoms with Crippen LogP contribution in [0.4, 0.5) is 5.69 Å². The highest BCUT2D eigenvalue weighted by molar-refractivity contribution is 5.95. The number of benzene rings is 2. The van der Waals surface area contributed by atoms with Gasteiger partial charge in [-0.15, -0.1) is 0 Å². The molecule has 23 heavy (non-hydrogen) atoms. The first-order valence-electron chi connectivity index (χ1n) is 8.03. The van der Waals surface area contributed by atoms with Crippen LogP contribution in [-0.4, -0.2) is 13.0 Å². The number of rotatable bonds is 6. The van der Waals surface area contributed by atoms with Crippen LogP contribution in [0.5, 0.6) is 5.75 Å². The molecule has 0 aliphatic heterocycles. The molecule has 0 fully saturated rings. The standard InChI is InChI=1S/C20H25NO2/c1-14(2)12-16-8-10-17(11-9-16)15(3)20(22)21-18-6-5-7-19(13-18)23-4/h5-11,13-15H,12H2,1-4H3,(H,21,22)/t15-/m1/s1. The van der Waals surface area contributed by atoms with Crippen molar-refractivity contribution < 1.29 is 9.53 Å². The van der Waals surface area contributed by atoms with Crippen molar-refractivity contribution in [2.24, 2.45) is 5.92 Å². The van der Waals surface area contributed by atoms with Gasteiger partial charge in [-0.1, -0.05) is 44.2 Å². The van der Waals surface area contributed by atoms with Crippen molar-refractivity contribution in [1.82, 2.24) is 0 Å². The van der Waals surface area contributed by atoms with Gasteiger partial charge in [0.15, 0.2) is 0 Å². The van der Waals surface area contributed by atoms with Gasteiger partial charge in [0.1, 0.15) is 5.75 Å². The van der Waals surface area contributed by atoms with E-state index >= 15 is 0 Å². The molecule has 1 atom stereocenters. The Labute approximate surface area is 138 Å². The first-order chi connectivity index (χ1) is 11.0. The van der Waals surface area contributed by atoms with Crippen molar-refractivity contribution in [3.8, 4) is 5.75 Å². The Morgan fingerprint density at radius 1 is 1.09 bits per heavy atom. The van der Waals surface area contributed by atoms with E-state index < -0.39 is 0 Å². The monoisotopic (exact) mass is 311 g/mol. The summed E-state index contributed by atoms with van der Waals surface area (Å²) in [4.78, 5) is 12.4. The van der Waals surface area contributed by atoms with Crippen molar-refractivity contribution in [3.63, 3.8) is 0 Å². The van der Waals surface area contributed by atoms with E-state index in [-0.39, 0.29) is 11.8 Å². The van der Waals surface area contributed by atoms with E-state index in [0.717, 1.165) is 23.4 Å². The fourth-order valence-electron chi connectivity index (χ4n) is 2.52. The van der Waals surface area contributed by atoms with Crippen LogP contribution in [0.3, 0.4) is 0 Å². The zero-order valence-electron chi connectivity index (χ0n) is 14.3. The maximum atomic E-state index is 12.4. The highest BCUT2D eigenvalue weighted by Crippen LogP contribution is 2.21. The van der Waals surface area contributed by atoms with Gasteiger partial charge in [-0.25, -0.2) is 0 Å². The molecule has 0 bridgehead atoms. The summed E-state index contributed by atoms with van der Waals surface area (Å²) in [6, 6.07) is 15.7. The SMILES string of the molecule is COc1cccc(NC(=O)[C@H](C)c2ccc(CC(C)C)cc2)c1. The first kappa shape index (κ1) is 17.1. The van der Waals surface area contributed by atoms with Crippen LogP contribution in [0.1, 0.15) is 37.8 Å². The second-order valence-electron chi connectivity index (χ2n) is 6.28. The fourth-order valence-corrected chi connectivity index (χ4v) is 2.52. The highest BCUT2D eigenvalue weighted by atomic mass is 16.5. The van der Waals surface area contributed by atoms with E-state index in [1.807, 2.05) is 43.3 Å². The van der Waals surface area contributed by atoms with E-state index in [9.17, 15) is 4.79 Å². The summed E-state index contributed by atoms with van der Waals surface area (Å²) in [5, 5.41) is 2.94. The molecule has 1 N–H and O–H groups in total. The normalized spacial score (nSPS) is 12.0. The molecule has 1 amide bonds. The second-order valence-corrected chi connectivity index (χ2v) is 6.28. The summed E-state index contributed by atoms with van der Waals surface area (Å²) in [5.74, 6) is 1.15. The van der Waals surface area contributed by atoms with Gasteiger partial charge in [-0.2, -0.15) is 0 Å². The van der Waals surface area contributed by atoms with Crippen molar-refractivity contribution in [3.05, 3.63) is 59.7 Å². The van der Waals surface area contributed by atoms with Crippen LogP contribution >= 0.6 is 0 Å². The summed E-state index contributed by atoms with van der Waals surface area (Å²) < 4.78 is 5.18. The molecule has 0 unspecified atom stereocenters. The lowest BCUT2D eigenvalue weighted by molar-refractivity contribution is -0.117. The minimum absolute atomic E-state index is 0.0186. The summed E-state index contributed by atoms with van der Waals surface area (Å²) in [5.41, 5.74) is 3.08. The molecule has 2 aromatic carbocycles. The third kappa shape index (κ3) is 4.85. The van der Waals surface area contributed by atoms with Crippen LogP contribution < -0.4 is 10.1 Å². The molecule has 0 aliphatic rings. The minimum atomic E-state index is -0.200. The van der Waals surface area contributed by atoms with Crippen molar-refractivity contribution in [2.75, 3.05) is 12.4 Å². The van der Waals surface area contributed by atoms with Gasteiger partial charge in [-0.05, 0) is 42.5 Å². The molecule has 3 heteroatoms. The first-order valence-corrected chi connectivity index (χ1v) is 8.03. The Kier molecular flexibility index (Phi) is 5.80. The van der Waals surface area contributed by atoms with Crippen LogP contribution in [0.2, 0.25) is 0 Å². The molecule has 0 heterocycles. The van der Waals surface area contributed by atoms with E-state index in [1.54, 1.807) is 7.11 Å². The smallest absolute Gasteiger partial charge is 0.231 e. The molecule has 3 nitrogen and oxygen atoms in total. The predicted octanol–water partition coefficient (Wildman–Crippen LogP) is 4.64. The quantitative estimate of drug-likeness (QED) is 0.844. The molecular formula is C20H25NO2. The van der Waals surface area contributed by atoms with Gasteiger partial charge in [0.25, 0.3) is 0 Å². The lowest BCUT2D eigenvalue weighted by Gasteiger charge is -2.14. The van der Waals surface area contributed by atoms with E-state index in [1.165, 1.54) is 5.56 Å². The number of methoxy groups -OCH3 is 1. The topological polar surface area (TPSA) is 38.3 Å². The summed E-state index contributed by atoms with van der Waals surface area (Å²) >= 11 is 0. The number of anilines is 1. The summed E-state index contributed by atoms with van der Waals surface area (Å²) in [6.45, 7) is 6.34. The Hall–Kier alpha value is -2.29. The van der Waals surface area contributed by atoms with Gasteiger partial charge >= 0.3 is 0 Å². The van der Waals surface area contributed by atoms with Crippen LogP contribution in [0.25, 0.3) is 0 Å². The van der Waals surface area contributed by atoms with E-state index in [2.05, 4.69) is 31.3 Å². The average Bonchev–Trinajstić information content (AvgIpc) is 2.54. The molecule has 0 saturated heterocycles. The number of hydrogen-bond donors (Lipinski definition) is 1. The zero-order chi connectivity index (χ0) is 16.8. The van der Waals surface area contributed by atoms with Crippen molar-refractivity contribution in [1.29, 1.82) is 0 Å². The van der Waals surface area contributed by atoms with Gasteiger partial charge < -0.3 is 10.1 Å². The van der Waals surface area contributed by atoms with Crippen LogP contribution in [0.15, 0.2) is 48.5 Å². The lowest BCUT2D eigenvalue weighted by atomic mass is 9.96. The number of nitrogens with one attached hydrogen (secondary N) is 1. The maximum Gasteiger partial charge on any atom is 0.231 e. The number of carbonyl (C=O) groups is 1. The third-order valence-corrected chi connectivity index (χ3v) is 3.85. The number of amides is 1. The molecule has 0 aliphatic carbocycles. The molecule has 0 spiro atoms. The lowest BCUT2D eigenvalue weighted by Crippen LogP contribution is -2.18. The number of hydrogen-bond acceptors (Lipinski definition) is 2. The Morgan fingerprint density at radius 2 is 1.78 bits per heavy atom. The third-order valence-electron chi connectivity index (χ3n) is 3.85. The molecule has 2 rings (SSSR count). The minimum Gasteiger partial charge on any atom is -0.497 e. The molecule has 122 valence electrons. The number of carbonyl (C=O) groups excluding carboxylic acids is 1. The van der Waals surface area contributed by atoms with Crippen molar-refractivity contribution in [2.45, 2.75) is 33.1 Å². The average molecular weight is 311 g/mol. The molecule has 0 radical (unpaired) electrons. The van der Waals surface area contributed by atoms with Gasteiger partial charge in [-0.3, -0.25) is 4.79 Å². The van der Waals surface area contributed by atoms with E-state index in [0.29, 0.717) is 5.92 Å². The van der Waals surface area contributed by atoms with Gasteiger partial charge in [0, 0.05) is 11.8 Å². The fraction of sp³-hybridized carbons (Fsp3) is 0.350. The second kappa shape index (κ2) is 7.82. The van der Waals surface area contributed by atoms with Crippen molar-refractivity contribution >= 4 is 11.6 Å². The highest BCUT2D eigenvalue weighted by Gasteiger charge is 2.15. The molecule has 0 saturated carbocycles. The van der Waals surface area contributed by atoms with E-state index in [4.69, 9.17) is 4.74 Å².